The van der Waals surface area contributed by atoms with Crippen LogP contribution in [-0.2, 0) is 24.3 Å². The normalized spacial score (nSPS) is 11.1. The van der Waals surface area contributed by atoms with E-state index in [4.69, 9.17) is 9.84 Å². The Morgan fingerprint density at radius 3 is 2.43 bits per heavy atom. The number of ether oxygens (including phenoxy) is 1. The summed E-state index contributed by atoms with van der Waals surface area (Å²) in [6.45, 7) is 8.89. The number of benzene rings is 2. The summed E-state index contributed by atoms with van der Waals surface area (Å²) in [4.78, 5) is 26.1. The van der Waals surface area contributed by atoms with E-state index >= 15 is 0 Å². The minimum atomic E-state index is -0.0879. The van der Waals surface area contributed by atoms with Crippen LogP contribution in [0.5, 0.6) is 5.75 Å². The lowest BCUT2D eigenvalue weighted by molar-refractivity contribution is -0.121. The van der Waals surface area contributed by atoms with Gasteiger partial charge >= 0.3 is 0 Å². The van der Waals surface area contributed by atoms with Crippen LogP contribution in [-0.4, -0.2) is 27.4 Å². The number of aryl methyl sites for hydroxylation is 4. The molecule has 35 heavy (non-hydrogen) atoms. The molecule has 4 rings (SSSR count). The first-order chi connectivity index (χ1) is 16.8. The fourth-order valence-corrected chi connectivity index (χ4v) is 4.60. The molecule has 2 aromatic carbocycles. The number of nitrogens with zero attached hydrogens (tertiary/aromatic N) is 3. The Morgan fingerprint density at radius 1 is 1.06 bits per heavy atom. The van der Waals surface area contributed by atoms with Gasteiger partial charge in [0.25, 0.3) is 5.56 Å². The van der Waals surface area contributed by atoms with Crippen LogP contribution in [0.15, 0.2) is 53.3 Å². The fraction of sp³-hybridized carbons (Fsp3) is 0.321. The molecular weight excluding hydrogens is 440 g/mol. The summed E-state index contributed by atoms with van der Waals surface area (Å²) in [5.74, 6) is 0.689. The molecule has 0 spiro atoms. The number of fused-ring (bicyclic) bond motifs is 1. The van der Waals surface area contributed by atoms with Gasteiger partial charge in [-0.1, -0.05) is 30.3 Å². The summed E-state index contributed by atoms with van der Waals surface area (Å²) < 4.78 is 8.83. The van der Waals surface area contributed by atoms with Crippen LogP contribution in [0, 0.1) is 20.8 Å². The van der Waals surface area contributed by atoms with Crippen molar-refractivity contribution in [2.45, 2.75) is 53.6 Å². The van der Waals surface area contributed by atoms with E-state index in [0.29, 0.717) is 25.1 Å². The minimum absolute atomic E-state index is 0.0600. The van der Waals surface area contributed by atoms with E-state index in [1.54, 1.807) is 11.7 Å². The molecule has 1 amide bonds. The highest BCUT2D eigenvalue weighted by molar-refractivity contribution is 5.85. The molecule has 0 fully saturated rings. The molecule has 2 aromatic heterocycles. The van der Waals surface area contributed by atoms with Crippen molar-refractivity contribution < 1.29 is 9.53 Å². The predicted molar refractivity (Wildman–Crippen MR) is 138 cm³/mol. The SMILES string of the molecule is CCn1c(=O)c(CCC(=O)NCc2ccc(OC)cc2)c(C)c2c(C)nn(-c3ccccc3C)c21. The number of carbonyl (C=O) groups is 1. The molecule has 0 saturated carbocycles. The van der Waals surface area contributed by atoms with Crippen molar-refractivity contribution in [3.63, 3.8) is 0 Å². The number of hydrogen-bond donors (Lipinski definition) is 1. The van der Waals surface area contributed by atoms with Crippen LogP contribution in [0.25, 0.3) is 16.7 Å². The number of carbonyl (C=O) groups excluding carboxylic acids is 1. The average molecular weight is 473 g/mol. The van der Waals surface area contributed by atoms with Gasteiger partial charge in [0.2, 0.25) is 5.91 Å². The molecule has 2 heterocycles. The quantitative estimate of drug-likeness (QED) is 0.413. The van der Waals surface area contributed by atoms with Gasteiger partial charge in [-0.25, -0.2) is 4.68 Å². The van der Waals surface area contributed by atoms with Crippen molar-refractivity contribution in [1.82, 2.24) is 19.7 Å². The number of pyridine rings is 1. The van der Waals surface area contributed by atoms with Gasteiger partial charge in [-0.2, -0.15) is 5.10 Å². The largest absolute Gasteiger partial charge is 0.497 e. The number of nitrogens with one attached hydrogen (secondary N) is 1. The van der Waals surface area contributed by atoms with E-state index in [0.717, 1.165) is 44.9 Å². The third-order valence-corrected chi connectivity index (χ3v) is 6.53. The Balaban J connectivity index is 1.61. The molecule has 0 radical (unpaired) electrons. The van der Waals surface area contributed by atoms with Crippen LogP contribution in [0.4, 0.5) is 0 Å². The Bertz CT molecular complexity index is 1430. The number of amides is 1. The number of aromatic nitrogens is 3. The molecule has 0 unspecified atom stereocenters. The number of para-hydroxylation sites is 1. The topological polar surface area (TPSA) is 78.2 Å². The summed E-state index contributed by atoms with van der Waals surface area (Å²) in [7, 11) is 1.62. The van der Waals surface area contributed by atoms with Crippen molar-refractivity contribution in [2.24, 2.45) is 0 Å². The van der Waals surface area contributed by atoms with Gasteiger partial charge < -0.3 is 10.1 Å². The van der Waals surface area contributed by atoms with Crippen molar-refractivity contribution in [3.05, 3.63) is 86.8 Å². The zero-order chi connectivity index (χ0) is 25.1. The molecule has 7 heteroatoms. The lowest BCUT2D eigenvalue weighted by atomic mass is 10.0. The highest BCUT2D eigenvalue weighted by Gasteiger charge is 2.21. The van der Waals surface area contributed by atoms with Gasteiger partial charge in [0, 0.05) is 30.5 Å². The second-order valence-electron chi connectivity index (χ2n) is 8.76. The van der Waals surface area contributed by atoms with Gasteiger partial charge in [0.05, 0.1) is 18.5 Å². The van der Waals surface area contributed by atoms with Gasteiger partial charge in [-0.05, 0) is 69.0 Å². The molecule has 0 bridgehead atoms. The van der Waals surface area contributed by atoms with E-state index in [9.17, 15) is 9.59 Å². The van der Waals surface area contributed by atoms with E-state index in [2.05, 4.69) is 5.32 Å². The molecule has 1 N–H and O–H groups in total. The summed E-state index contributed by atoms with van der Waals surface area (Å²) in [5.41, 5.74) is 6.21. The number of rotatable bonds is 8. The maximum Gasteiger partial charge on any atom is 0.255 e. The maximum absolute atomic E-state index is 13.5. The van der Waals surface area contributed by atoms with Crippen molar-refractivity contribution in [2.75, 3.05) is 7.11 Å². The fourth-order valence-electron chi connectivity index (χ4n) is 4.60. The van der Waals surface area contributed by atoms with E-state index in [1.165, 1.54) is 0 Å². The van der Waals surface area contributed by atoms with Crippen LogP contribution in [0.2, 0.25) is 0 Å². The highest BCUT2D eigenvalue weighted by atomic mass is 16.5. The van der Waals surface area contributed by atoms with E-state index in [1.807, 2.05) is 80.9 Å². The smallest absolute Gasteiger partial charge is 0.255 e. The van der Waals surface area contributed by atoms with Crippen molar-refractivity contribution >= 4 is 16.9 Å². The molecule has 0 saturated heterocycles. The molecule has 0 atom stereocenters. The van der Waals surface area contributed by atoms with E-state index < -0.39 is 0 Å². The first-order valence-electron chi connectivity index (χ1n) is 11.9. The van der Waals surface area contributed by atoms with Crippen LogP contribution in [0.3, 0.4) is 0 Å². The van der Waals surface area contributed by atoms with Crippen molar-refractivity contribution in [1.29, 1.82) is 0 Å². The average Bonchev–Trinajstić information content (AvgIpc) is 3.20. The zero-order valence-electron chi connectivity index (χ0n) is 21.0. The second kappa shape index (κ2) is 10.2. The molecule has 7 nitrogen and oxygen atoms in total. The Morgan fingerprint density at radius 2 is 1.77 bits per heavy atom. The summed E-state index contributed by atoms with van der Waals surface area (Å²) in [6, 6.07) is 15.6. The van der Waals surface area contributed by atoms with Gasteiger partial charge in [-0.3, -0.25) is 14.2 Å². The summed E-state index contributed by atoms with van der Waals surface area (Å²) in [6.07, 6.45) is 0.621. The Kier molecular flexibility index (Phi) is 7.05. The number of methoxy groups -OCH3 is 1. The van der Waals surface area contributed by atoms with Gasteiger partial charge in [-0.15, -0.1) is 0 Å². The molecule has 4 aromatic rings. The molecule has 0 aliphatic heterocycles. The zero-order valence-corrected chi connectivity index (χ0v) is 21.0. The van der Waals surface area contributed by atoms with Gasteiger partial charge in [0.15, 0.2) is 0 Å². The summed E-state index contributed by atoms with van der Waals surface area (Å²) >= 11 is 0. The van der Waals surface area contributed by atoms with E-state index in [-0.39, 0.29) is 17.9 Å². The molecular formula is C28H32N4O3. The number of hydrogen-bond acceptors (Lipinski definition) is 4. The maximum atomic E-state index is 13.5. The Hall–Kier alpha value is -3.87. The molecule has 0 aliphatic rings. The predicted octanol–water partition coefficient (Wildman–Crippen LogP) is 4.39. The minimum Gasteiger partial charge on any atom is -0.497 e. The lowest BCUT2D eigenvalue weighted by Gasteiger charge is -2.15. The monoisotopic (exact) mass is 472 g/mol. The standard InChI is InChI=1S/C28H32N4O3/c1-6-31-27-26(20(4)30-32(27)24-10-8-7-9-18(24)2)19(3)23(28(31)34)15-16-25(33)29-17-21-11-13-22(35-5)14-12-21/h7-14H,6,15-17H2,1-5H3,(H,29,33). The lowest BCUT2D eigenvalue weighted by Crippen LogP contribution is -2.28. The highest BCUT2D eigenvalue weighted by Crippen LogP contribution is 2.27. The first-order valence-corrected chi connectivity index (χ1v) is 11.9. The van der Waals surface area contributed by atoms with Crippen LogP contribution < -0.4 is 15.6 Å². The summed E-state index contributed by atoms with van der Waals surface area (Å²) in [5, 5.41) is 8.74. The van der Waals surface area contributed by atoms with Crippen molar-refractivity contribution in [3.8, 4) is 11.4 Å². The first kappa shape index (κ1) is 24.3. The molecule has 0 aliphatic carbocycles. The van der Waals surface area contributed by atoms with Gasteiger partial charge in [0.1, 0.15) is 11.4 Å². The Labute approximate surface area is 205 Å². The van der Waals surface area contributed by atoms with Crippen LogP contribution >= 0.6 is 0 Å². The molecule has 182 valence electrons. The van der Waals surface area contributed by atoms with Crippen LogP contribution in [0.1, 0.15) is 41.3 Å². The third kappa shape index (κ3) is 4.71. The second-order valence-corrected chi connectivity index (χ2v) is 8.76. The third-order valence-electron chi connectivity index (χ3n) is 6.53.